The summed E-state index contributed by atoms with van der Waals surface area (Å²) >= 11 is 1.19. The molecule has 9 heteroatoms. The van der Waals surface area contributed by atoms with Crippen molar-refractivity contribution >= 4 is 45.0 Å². The maximum Gasteiger partial charge on any atom is 0.250 e. The molecule has 0 saturated carbocycles. The molecule has 3 N–H and O–H groups in total. The average molecular weight is 448 g/mol. The number of nitrogens with one attached hydrogen (secondary N) is 3. The zero-order chi connectivity index (χ0) is 21.9. The Morgan fingerprint density at radius 2 is 1.90 bits per heavy atom. The molecule has 2 aromatic carbocycles. The van der Waals surface area contributed by atoms with Crippen molar-refractivity contribution in [1.29, 1.82) is 0 Å². The zero-order valence-electron chi connectivity index (χ0n) is 17.1. The fourth-order valence-electron chi connectivity index (χ4n) is 2.87. The monoisotopic (exact) mass is 447 g/mol. The number of rotatable bonds is 7. The van der Waals surface area contributed by atoms with E-state index in [1.807, 2.05) is 32.0 Å². The van der Waals surface area contributed by atoms with Gasteiger partial charge in [-0.15, -0.1) is 0 Å². The van der Waals surface area contributed by atoms with Crippen LogP contribution in [0, 0.1) is 5.92 Å². The minimum atomic E-state index is -3.48. The van der Waals surface area contributed by atoms with Crippen LogP contribution in [0.4, 0.5) is 11.4 Å². The van der Waals surface area contributed by atoms with Crippen molar-refractivity contribution in [1.82, 2.24) is 4.72 Å². The summed E-state index contributed by atoms with van der Waals surface area (Å²) in [5.41, 5.74) is 1.66. The summed E-state index contributed by atoms with van der Waals surface area (Å²) in [7, 11) is -3.48. The van der Waals surface area contributed by atoms with Crippen LogP contribution in [0.2, 0.25) is 0 Å². The molecular weight excluding hydrogens is 422 g/mol. The maximum absolute atomic E-state index is 13.0. The smallest absolute Gasteiger partial charge is 0.250 e. The molecule has 2 aromatic rings. The second kappa shape index (κ2) is 8.79. The number of hydrogen-bond acceptors (Lipinski definition) is 5. The summed E-state index contributed by atoms with van der Waals surface area (Å²) in [6.07, 6.45) is 0. The van der Waals surface area contributed by atoms with Gasteiger partial charge in [0.1, 0.15) is 0 Å². The third-order valence-corrected chi connectivity index (χ3v) is 7.24. The molecule has 0 aliphatic carbocycles. The molecule has 160 valence electrons. The predicted molar refractivity (Wildman–Crippen MR) is 120 cm³/mol. The predicted octanol–water partition coefficient (Wildman–Crippen LogP) is 3.20. The zero-order valence-corrected chi connectivity index (χ0v) is 18.7. The van der Waals surface area contributed by atoms with Gasteiger partial charge in [-0.3, -0.25) is 9.59 Å². The van der Waals surface area contributed by atoms with Crippen LogP contribution < -0.4 is 15.4 Å². The molecule has 0 radical (unpaired) electrons. The highest BCUT2D eigenvalue weighted by molar-refractivity contribution is 8.02. The van der Waals surface area contributed by atoms with E-state index in [1.54, 1.807) is 37.3 Å². The topological polar surface area (TPSA) is 104 Å². The van der Waals surface area contributed by atoms with Gasteiger partial charge in [0.05, 0.1) is 11.4 Å². The van der Waals surface area contributed by atoms with Crippen LogP contribution in [-0.2, 0) is 25.4 Å². The van der Waals surface area contributed by atoms with Crippen molar-refractivity contribution in [2.24, 2.45) is 5.92 Å². The van der Waals surface area contributed by atoms with Crippen molar-refractivity contribution in [3.05, 3.63) is 54.1 Å². The Bertz CT molecular complexity index is 1070. The average Bonchev–Trinajstić information content (AvgIpc) is 2.67. The normalized spacial score (nSPS) is 18.6. The van der Waals surface area contributed by atoms with Crippen LogP contribution in [0.3, 0.4) is 0 Å². The summed E-state index contributed by atoms with van der Waals surface area (Å²) in [4.78, 5) is 26.4. The molecule has 3 rings (SSSR count). The Kier molecular flexibility index (Phi) is 6.54. The standard InChI is InChI=1S/C21H25N3O4S2/c1-14(2)12-22-30(27,28)13-15-7-6-8-16(11-15)23-19(25)21(3)20(26)24-17-9-4-5-10-18(17)29-21/h4-11,14,22H,12-13H2,1-3H3,(H,23,25)(H,24,26). The molecule has 0 spiro atoms. The van der Waals surface area contributed by atoms with Crippen molar-refractivity contribution in [2.45, 2.75) is 36.2 Å². The molecule has 1 aliphatic heterocycles. The van der Waals surface area contributed by atoms with E-state index in [1.165, 1.54) is 11.8 Å². The minimum Gasteiger partial charge on any atom is -0.324 e. The Hall–Kier alpha value is -2.36. The van der Waals surface area contributed by atoms with E-state index in [0.717, 1.165) is 4.90 Å². The summed E-state index contributed by atoms with van der Waals surface area (Å²) in [5.74, 6) is -0.864. The first-order valence-corrected chi connectivity index (χ1v) is 12.0. The van der Waals surface area contributed by atoms with Gasteiger partial charge < -0.3 is 10.6 Å². The van der Waals surface area contributed by atoms with Gasteiger partial charge >= 0.3 is 0 Å². The lowest BCUT2D eigenvalue weighted by Gasteiger charge is -2.31. The first kappa shape index (κ1) is 22.3. The Labute approximate surface area is 181 Å². The Morgan fingerprint density at radius 1 is 1.17 bits per heavy atom. The summed E-state index contributed by atoms with van der Waals surface area (Å²) in [6, 6.07) is 13.9. The lowest BCUT2D eigenvalue weighted by Crippen LogP contribution is -2.49. The molecule has 1 aliphatic rings. The summed E-state index contributed by atoms with van der Waals surface area (Å²) in [6.45, 7) is 5.79. The van der Waals surface area contributed by atoms with Crippen LogP contribution in [0.1, 0.15) is 26.3 Å². The van der Waals surface area contributed by atoms with Crippen molar-refractivity contribution in [3.8, 4) is 0 Å². The van der Waals surface area contributed by atoms with Crippen LogP contribution in [0.5, 0.6) is 0 Å². The van der Waals surface area contributed by atoms with E-state index in [2.05, 4.69) is 15.4 Å². The summed E-state index contributed by atoms with van der Waals surface area (Å²) < 4.78 is 25.7. The third kappa shape index (κ3) is 5.21. The number of fused-ring (bicyclic) bond motifs is 1. The second-order valence-corrected chi connectivity index (χ2v) is 11.0. The highest BCUT2D eigenvalue weighted by atomic mass is 32.2. The van der Waals surface area contributed by atoms with Gasteiger partial charge in [0.15, 0.2) is 4.75 Å². The van der Waals surface area contributed by atoms with E-state index in [-0.39, 0.29) is 11.7 Å². The number of carbonyl (C=O) groups is 2. The molecule has 7 nitrogen and oxygen atoms in total. The van der Waals surface area contributed by atoms with E-state index in [4.69, 9.17) is 0 Å². The molecular formula is C21H25N3O4S2. The van der Waals surface area contributed by atoms with Crippen molar-refractivity contribution in [3.63, 3.8) is 0 Å². The number of benzene rings is 2. The van der Waals surface area contributed by atoms with Crippen LogP contribution in [-0.4, -0.2) is 31.5 Å². The van der Waals surface area contributed by atoms with Gasteiger partial charge in [-0.25, -0.2) is 13.1 Å². The van der Waals surface area contributed by atoms with E-state index in [9.17, 15) is 18.0 Å². The van der Waals surface area contributed by atoms with Gasteiger partial charge in [-0.1, -0.05) is 49.9 Å². The number of hydrogen-bond donors (Lipinski definition) is 3. The highest BCUT2D eigenvalue weighted by Crippen LogP contribution is 2.42. The number of para-hydroxylation sites is 1. The molecule has 0 bridgehead atoms. The Balaban J connectivity index is 1.73. The lowest BCUT2D eigenvalue weighted by atomic mass is 10.1. The minimum absolute atomic E-state index is 0.191. The second-order valence-electron chi connectivity index (χ2n) is 7.74. The van der Waals surface area contributed by atoms with Gasteiger partial charge in [0, 0.05) is 17.1 Å². The Morgan fingerprint density at radius 3 is 2.63 bits per heavy atom. The van der Waals surface area contributed by atoms with E-state index < -0.39 is 26.6 Å². The first-order chi connectivity index (χ1) is 14.1. The maximum atomic E-state index is 13.0. The number of thioether (sulfide) groups is 1. The largest absolute Gasteiger partial charge is 0.324 e. The van der Waals surface area contributed by atoms with Gasteiger partial charge in [-0.2, -0.15) is 0 Å². The van der Waals surface area contributed by atoms with E-state index >= 15 is 0 Å². The number of sulfonamides is 1. The van der Waals surface area contributed by atoms with Gasteiger partial charge in [0.2, 0.25) is 21.8 Å². The third-order valence-electron chi connectivity index (χ3n) is 4.57. The quantitative estimate of drug-likeness (QED) is 0.566. The summed E-state index contributed by atoms with van der Waals surface area (Å²) in [5, 5.41) is 5.53. The lowest BCUT2D eigenvalue weighted by molar-refractivity contribution is -0.126. The van der Waals surface area contributed by atoms with Crippen molar-refractivity contribution in [2.75, 3.05) is 17.2 Å². The molecule has 1 unspecified atom stereocenters. The molecule has 0 aromatic heterocycles. The fraction of sp³-hybridized carbons (Fsp3) is 0.333. The molecule has 1 heterocycles. The molecule has 0 fully saturated rings. The van der Waals surface area contributed by atoms with Crippen LogP contribution >= 0.6 is 11.8 Å². The van der Waals surface area contributed by atoms with Gasteiger partial charge in [-0.05, 0) is 42.7 Å². The van der Waals surface area contributed by atoms with E-state index in [0.29, 0.717) is 23.5 Å². The molecule has 2 amide bonds. The number of amides is 2. The van der Waals surface area contributed by atoms with Crippen LogP contribution in [0.15, 0.2) is 53.4 Å². The van der Waals surface area contributed by atoms with Gasteiger partial charge in [0.25, 0.3) is 0 Å². The highest BCUT2D eigenvalue weighted by Gasteiger charge is 2.45. The van der Waals surface area contributed by atoms with Crippen molar-refractivity contribution < 1.29 is 18.0 Å². The SMILES string of the molecule is CC(C)CNS(=O)(=O)Cc1cccc(NC(=O)C2(C)Sc3ccccc3NC2=O)c1. The number of carbonyl (C=O) groups excluding carboxylic acids is 2. The first-order valence-electron chi connectivity index (χ1n) is 9.56. The fourth-order valence-corrected chi connectivity index (χ4v) is 5.28. The van der Waals surface area contributed by atoms with Crippen LogP contribution in [0.25, 0.3) is 0 Å². The number of anilines is 2. The molecule has 30 heavy (non-hydrogen) atoms. The molecule has 1 atom stereocenters. The molecule has 0 saturated heterocycles.